The fourth-order valence-corrected chi connectivity index (χ4v) is 2.72. The number of hydrogen-bond donors (Lipinski definition) is 2. The van der Waals surface area contributed by atoms with E-state index < -0.39 is 5.92 Å². The zero-order chi connectivity index (χ0) is 15.2. The van der Waals surface area contributed by atoms with Crippen molar-refractivity contribution in [2.24, 2.45) is 11.7 Å². The highest BCUT2D eigenvalue weighted by molar-refractivity contribution is 7.80. The van der Waals surface area contributed by atoms with Gasteiger partial charge in [-0.3, -0.25) is 4.79 Å². The van der Waals surface area contributed by atoms with Gasteiger partial charge in [0.2, 0.25) is 5.91 Å². The molecule has 21 heavy (non-hydrogen) atoms. The van der Waals surface area contributed by atoms with Crippen molar-refractivity contribution < 1.29 is 9.53 Å². The van der Waals surface area contributed by atoms with Crippen molar-refractivity contribution in [1.82, 2.24) is 5.32 Å². The fourth-order valence-electron chi connectivity index (χ4n) is 2.53. The van der Waals surface area contributed by atoms with Crippen LogP contribution in [0.2, 0.25) is 0 Å². The number of hydrogen-bond acceptors (Lipinski definition) is 3. The Morgan fingerprint density at radius 1 is 1.43 bits per heavy atom. The molecule has 114 valence electrons. The normalized spacial score (nSPS) is 22.1. The summed E-state index contributed by atoms with van der Waals surface area (Å²) in [5, 5.41) is 3.02. The van der Waals surface area contributed by atoms with Crippen LogP contribution in [0.3, 0.4) is 0 Å². The van der Waals surface area contributed by atoms with Crippen LogP contribution in [0.5, 0.6) is 0 Å². The third kappa shape index (κ3) is 4.51. The molecule has 1 saturated carbocycles. The summed E-state index contributed by atoms with van der Waals surface area (Å²) >= 11 is 5.06. The number of benzene rings is 1. The first kappa shape index (κ1) is 15.9. The summed E-state index contributed by atoms with van der Waals surface area (Å²) in [7, 11) is 0. The van der Waals surface area contributed by atoms with Gasteiger partial charge < -0.3 is 15.8 Å². The lowest BCUT2D eigenvalue weighted by molar-refractivity contribution is -0.125. The molecule has 1 amide bonds. The summed E-state index contributed by atoms with van der Waals surface area (Å²) in [6.07, 6.45) is 2.56. The Kier molecular flexibility index (Phi) is 5.70. The van der Waals surface area contributed by atoms with Gasteiger partial charge in [-0.15, -0.1) is 0 Å². The third-order valence-electron chi connectivity index (χ3n) is 3.79. The molecule has 5 heteroatoms. The number of amides is 1. The molecular formula is C16H22N2O2S. The van der Waals surface area contributed by atoms with E-state index in [1.807, 2.05) is 37.3 Å². The highest BCUT2D eigenvalue weighted by atomic mass is 32.1. The molecule has 1 fully saturated rings. The first-order chi connectivity index (χ1) is 10.1. The van der Waals surface area contributed by atoms with E-state index in [1.54, 1.807) is 0 Å². The van der Waals surface area contributed by atoms with Gasteiger partial charge >= 0.3 is 0 Å². The number of thiocarbonyl (C=S) groups is 1. The van der Waals surface area contributed by atoms with Crippen LogP contribution in [0.25, 0.3) is 0 Å². The molecule has 0 heterocycles. The molecule has 0 spiro atoms. The zero-order valence-corrected chi connectivity index (χ0v) is 13.1. The summed E-state index contributed by atoms with van der Waals surface area (Å²) < 4.78 is 5.49. The Hall–Kier alpha value is -1.46. The summed E-state index contributed by atoms with van der Waals surface area (Å²) in [6, 6.07) is 9.98. The maximum atomic E-state index is 12.3. The average Bonchev–Trinajstić information content (AvgIpc) is 2.43. The number of carbonyl (C=O) groups is 1. The van der Waals surface area contributed by atoms with Crippen LogP contribution < -0.4 is 11.1 Å². The lowest BCUT2D eigenvalue weighted by Crippen LogP contribution is -2.51. The van der Waals surface area contributed by atoms with Crippen LogP contribution in [0, 0.1) is 5.92 Å². The summed E-state index contributed by atoms with van der Waals surface area (Å²) in [6.45, 7) is 2.70. The average molecular weight is 306 g/mol. The Labute approximate surface area is 131 Å². The minimum Gasteiger partial charge on any atom is -0.393 e. The third-order valence-corrected chi connectivity index (χ3v) is 4.07. The largest absolute Gasteiger partial charge is 0.393 e. The molecule has 1 aliphatic rings. The molecule has 0 radical (unpaired) electrons. The van der Waals surface area contributed by atoms with Gasteiger partial charge in [0.25, 0.3) is 0 Å². The molecule has 4 nitrogen and oxygen atoms in total. The zero-order valence-electron chi connectivity index (χ0n) is 12.2. The Balaban J connectivity index is 1.87. The standard InChI is InChI=1S/C16H22N2O2S/c1-2-20-13-9-12(10-13)18-16(19)14(15(17)21)8-11-6-4-3-5-7-11/h3-7,12-14H,2,8-10H2,1H3,(H2,17,21)(H,18,19). The van der Waals surface area contributed by atoms with Gasteiger partial charge in [-0.2, -0.15) is 0 Å². The quantitative estimate of drug-likeness (QED) is 0.754. The number of nitrogens with two attached hydrogens (primary N) is 1. The lowest BCUT2D eigenvalue weighted by atomic mass is 9.88. The topological polar surface area (TPSA) is 64.3 Å². The van der Waals surface area contributed by atoms with E-state index in [2.05, 4.69) is 5.32 Å². The van der Waals surface area contributed by atoms with Crippen molar-refractivity contribution in [3.8, 4) is 0 Å². The minimum atomic E-state index is -0.450. The second kappa shape index (κ2) is 7.52. The second-order valence-corrected chi connectivity index (χ2v) is 5.87. The van der Waals surface area contributed by atoms with E-state index in [4.69, 9.17) is 22.7 Å². The molecular weight excluding hydrogens is 284 g/mol. The van der Waals surface area contributed by atoms with Crippen LogP contribution in [0.4, 0.5) is 0 Å². The molecule has 1 aromatic rings. The van der Waals surface area contributed by atoms with Crippen LogP contribution in [0.1, 0.15) is 25.3 Å². The number of rotatable bonds is 7. The van der Waals surface area contributed by atoms with Gasteiger partial charge in [0.05, 0.1) is 17.0 Å². The van der Waals surface area contributed by atoms with Gasteiger partial charge in [-0.25, -0.2) is 0 Å². The number of ether oxygens (including phenoxy) is 1. The van der Waals surface area contributed by atoms with E-state index in [-0.39, 0.29) is 23.0 Å². The van der Waals surface area contributed by atoms with Gasteiger partial charge in [0.1, 0.15) is 0 Å². The van der Waals surface area contributed by atoms with E-state index in [0.29, 0.717) is 6.42 Å². The molecule has 2 rings (SSSR count). The predicted octanol–water partition coefficient (Wildman–Crippen LogP) is 1.82. The van der Waals surface area contributed by atoms with Crippen LogP contribution >= 0.6 is 12.2 Å². The maximum Gasteiger partial charge on any atom is 0.230 e. The van der Waals surface area contributed by atoms with Crippen molar-refractivity contribution in [2.45, 2.75) is 38.3 Å². The van der Waals surface area contributed by atoms with E-state index in [1.165, 1.54) is 0 Å². The molecule has 1 aromatic carbocycles. The first-order valence-corrected chi connectivity index (χ1v) is 7.76. The van der Waals surface area contributed by atoms with Crippen LogP contribution in [-0.4, -0.2) is 29.6 Å². The fraction of sp³-hybridized carbons (Fsp3) is 0.500. The monoisotopic (exact) mass is 306 g/mol. The van der Waals surface area contributed by atoms with Crippen LogP contribution in [-0.2, 0) is 16.0 Å². The molecule has 0 aliphatic heterocycles. The van der Waals surface area contributed by atoms with E-state index in [9.17, 15) is 4.79 Å². The number of nitrogens with one attached hydrogen (secondary N) is 1. The Morgan fingerprint density at radius 3 is 2.67 bits per heavy atom. The van der Waals surface area contributed by atoms with Gasteiger partial charge in [0.15, 0.2) is 0 Å². The molecule has 0 bridgehead atoms. The van der Waals surface area contributed by atoms with E-state index in [0.717, 1.165) is 25.0 Å². The molecule has 3 N–H and O–H groups in total. The lowest BCUT2D eigenvalue weighted by Gasteiger charge is -2.36. The summed E-state index contributed by atoms with van der Waals surface area (Å²) in [5.41, 5.74) is 6.80. The molecule has 1 aliphatic carbocycles. The molecule has 1 atom stereocenters. The van der Waals surface area contributed by atoms with Crippen molar-refractivity contribution in [2.75, 3.05) is 6.61 Å². The van der Waals surface area contributed by atoms with Crippen LogP contribution in [0.15, 0.2) is 30.3 Å². The molecule has 0 aromatic heterocycles. The maximum absolute atomic E-state index is 12.3. The predicted molar refractivity (Wildman–Crippen MR) is 87.0 cm³/mol. The van der Waals surface area contributed by atoms with Gasteiger partial charge in [-0.05, 0) is 31.7 Å². The molecule has 1 unspecified atom stereocenters. The van der Waals surface area contributed by atoms with E-state index >= 15 is 0 Å². The van der Waals surface area contributed by atoms with Crippen molar-refractivity contribution >= 4 is 23.1 Å². The first-order valence-electron chi connectivity index (χ1n) is 7.35. The smallest absolute Gasteiger partial charge is 0.230 e. The molecule has 0 saturated heterocycles. The highest BCUT2D eigenvalue weighted by Gasteiger charge is 2.33. The minimum absolute atomic E-state index is 0.0775. The Morgan fingerprint density at radius 2 is 2.10 bits per heavy atom. The van der Waals surface area contributed by atoms with Crippen molar-refractivity contribution in [1.29, 1.82) is 0 Å². The van der Waals surface area contributed by atoms with Gasteiger partial charge in [0, 0.05) is 12.6 Å². The van der Waals surface area contributed by atoms with Gasteiger partial charge in [-0.1, -0.05) is 42.5 Å². The number of carbonyl (C=O) groups excluding carboxylic acids is 1. The SMILES string of the molecule is CCOC1CC(NC(=O)C(Cc2ccccc2)C(N)=S)C1. The highest BCUT2D eigenvalue weighted by Crippen LogP contribution is 2.23. The Bertz CT molecular complexity index is 486. The van der Waals surface area contributed by atoms with Crippen molar-refractivity contribution in [3.63, 3.8) is 0 Å². The summed E-state index contributed by atoms with van der Waals surface area (Å²) in [4.78, 5) is 12.6. The second-order valence-electron chi connectivity index (χ2n) is 5.40. The van der Waals surface area contributed by atoms with Crippen molar-refractivity contribution in [3.05, 3.63) is 35.9 Å². The summed E-state index contributed by atoms with van der Waals surface area (Å²) in [5.74, 6) is -0.528.